The summed E-state index contributed by atoms with van der Waals surface area (Å²) >= 11 is 4.80. The summed E-state index contributed by atoms with van der Waals surface area (Å²) in [4.78, 5) is 14.3. The molecule has 1 aromatic rings. The Morgan fingerprint density at radius 1 is 1.41 bits per heavy atom. The van der Waals surface area contributed by atoms with Crippen LogP contribution in [0.2, 0.25) is 0 Å². The average molecular weight is 250 g/mol. The van der Waals surface area contributed by atoms with Gasteiger partial charge in [0, 0.05) is 25.6 Å². The quantitative estimate of drug-likeness (QED) is 0.832. The van der Waals surface area contributed by atoms with Crippen LogP contribution in [0.3, 0.4) is 0 Å². The normalized spacial score (nSPS) is 10.1. The standard InChI is InChI=1S/C13H18N2OS/c1-9-4-5-10(2)11(8-9)13(16)15(3)7-6-12(14)17/h4-5,8H,6-7H2,1-3H3,(H2,14,17). The van der Waals surface area contributed by atoms with Gasteiger partial charge in [0.1, 0.15) is 0 Å². The molecule has 0 atom stereocenters. The summed E-state index contributed by atoms with van der Waals surface area (Å²) in [6, 6.07) is 5.88. The number of hydrogen-bond donors (Lipinski definition) is 1. The zero-order valence-corrected chi connectivity index (χ0v) is 11.3. The van der Waals surface area contributed by atoms with E-state index in [9.17, 15) is 4.79 Å². The van der Waals surface area contributed by atoms with Gasteiger partial charge in [-0.2, -0.15) is 0 Å². The summed E-state index contributed by atoms with van der Waals surface area (Å²) in [6.07, 6.45) is 0.558. The van der Waals surface area contributed by atoms with Crippen molar-refractivity contribution in [3.8, 4) is 0 Å². The topological polar surface area (TPSA) is 46.3 Å². The van der Waals surface area contributed by atoms with Crippen molar-refractivity contribution in [2.45, 2.75) is 20.3 Å². The highest BCUT2D eigenvalue weighted by atomic mass is 32.1. The van der Waals surface area contributed by atoms with E-state index < -0.39 is 0 Å². The Bertz CT molecular complexity index is 443. The van der Waals surface area contributed by atoms with Crippen molar-refractivity contribution in [3.63, 3.8) is 0 Å². The minimum Gasteiger partial charge on any atom is -0.393 e. The van der Waals surface area contributed by atoms with Crippen molar-refractivity contribution in [2.24, 2.45) is 5.73 Å². The summed E-state index contributed by atoms with van der Waals surface area (Å²) in [5, 5.41) is 0. The summed E-state index contributed by atoms with van der Waals surface area (Å²) in [7, 11) is 1.77. The summed E-state index contributed by atoms with van der Waals surface area (Å²) in [5.41, 5.74) is 8.25. The molecule has 1 aromatic carbocycles. The Labute approximate surface area is 108 Å². The number of aryl methyl sites for hydroxylation is 2. The molecular weight excluding hydrogens is 232 g/mol. The zero-order valence-electron chi connectivity index (χ0n) is 10.5. The van der Waals surface area contributed by atoms with Crippen LogP contribution >= 0.6 is 12.2 Å². The SMILES string of the molecule is Cc1ccc(C)c(C(=O)N(C)CCC(N)=S)c1. The molecule has 0 spiro atoms. The lowest BCUT2D eigenvalue weighted by molar-refractivity contribution is 0.0798. The lowest BCUT2D eigenvalue weighted by Crippen LogP contribution is -2.30. The molecule has 2 N–H and O–H groups in total. The van der Waals surface area contributed by atoms with Crippen LogP contribution in [-0.2, 0) is 0 Å². The maximum absolute atomic E-state index is 12.2. The Morgan fingerprint density at radius 3 is 2.65 bits per heavy atom. The van der Waals surface area contributed by atoms with Crippen LogP contribution in [0.1, 0.15) is 27.9 Å². The Kier molecular flexibility index (Phi) is 4.63. The van der Waals surface area contributed by atoms with Gasteiger partial charge >= 0.3 is 0 Å². The lowest BCUT2D eigenvalue weighted by atomic mass is 10.0. The van der Waals surface area contributed by atoms with Crippen LogP contribution in [0.4, 0.5) is 0 Å². The van der Waals surface area contributed by atoms with Crippen molar-refractivity contribution < 1.29 is 4.79 Å². The Hall–Kier alpha value is -1.42. The van der Waals surface area contributed by atoms with E-state index in [1.165, 1.54) is 0 Å². The zero-order chi connectivity index (χ0) is 13.0. The first-order chi connectivity index (χ1) is 7.91. The third-order valence-corrected chi connectivity index (χ3v) is 2.87. The first-order valence-electron chi connectivity index (χ1n) is 5.53. The molecule has 0 saturated heterocycles. The van der Waals surface area contributed by atoms with Crippen LogP contribution < -0.4 is 5.73 Å². The predicted octanol–water partition coefficient (Wildman–Crippen LogP) is 2.05. The lowest BCUT2D eigenvalue weighted by Gasteiger charge is -2.18. The van der Waals surface area contributed by atoms with Crippen molar-refractivity contribution in [3.05, 3.63) is 34.9 Å². The van der Waals surface area contributed by atoms with Gasteiger partial charge in [-0.25, -0.2) is 0 Å². The third-order valence-electron chi connectivity index (χ3n) is 2.66. The number of amides is 1. The van der Waals surface area contributed by atoms with Gasteiger partial charge in [0.15, 0.2) is 0 Å². The highest BCUT2D eigenvalue weighted by Gasteiger charge is 2.13. The summed E-state index contributed by atoms with van der Waals surface area (Å²) in [6.45, 7) is 4.47. The second-order valence-corrected chi connectivity index (χ2v) is 4.79. The van der Waals surface area contributed by atoms with E-state index in [-0.39, 0.29) is 5.91 Å². The van der Waals surface area contributed by atoms with Crippen LogP contribution in [0.25, 0.3) is 0 Å². The molecule has 0 radical (unpaired) electrons. The maximum atomic E-state index is 12.2. The molecule has 0 fully saturated rings. The van der Waals surface area contributed by atoms with E-state index in [1.807, 2.05) is 32.0 Å². The third kappa shape index (κ3) is 3.82. The molecule has 1 rings (SSSR count). The van der Waals surface area contributed by atoms with E-state index in [1.54, 1.807) is 11.9 Å². The smallest absolute Gasteiger partial charge is 0.253 e. The molecule has 0 aliphatic carbocycles. The number of benzene rings is 1. The highest BCUT2D eigenvalue weighted by molar-refractivity contribution is 7.80. The molecule has 0 aliphatic rings. The molecule has 1 amide bonds. The fraction of sp³-hybridized carbons (Fsp3) is 0.385. The van der Waals surface area contributed by atoms with Gasteiger partial charge in [-0.1, -0.05) is 29.9 Å². The van der Waals surface area contributed by atoms with Gasteiger partial charge in [0.05, 0.1) is 4.99 Å². The molecule has 0 aromatic heterocycles. The second kappa shape index (κ2) is 5.77. The van der Waals surface area contributed by atoms with E-state index in [2.05, 4.69) is 0 Å². The van der Waals surface area contributed by atoms with Crippen molar-refractivity contribution in [2.75, 3.05) is 13.6 Å². The fourth-order valence-corrected chi connectivity index (χ4v) is 1.64. The molecule has 0 aliphatic heterocycles. The number of hydrogen-bond acceptors (Lipinski definition) is 2. The molecule has 0 saturated carbocycles. The molecule has 17 heavy (non-hydrogen) atoms. The molecule has 0 heterocycles. The largest absolute Gasteiger partial charge is 0.393 e. The highest BCUT2D eigenvalue weighted by Crippen LogP contribution is 2.12. The van der Waals surface area contributed by atoms with E-state index in [0.29, 0.717) is 18.0 Å². The molecule has 0 bridgehead atoms. The first-order valence-corrected chi connectivity index (χ1v) is 5.93. The van der Waals surface area contributed by atoms with E-state index >= 15 is 0 Å². The van der Waals surface area contributed by atoms with Crippen LogP contribution in [0.5, 0.6) is 0 Å². The van der Waals surface area contributed by atoms with Gasteiger partial charge < -0.3 is 10.6 Å². The number of nitrogens with two attached hydrogens (primary N) is 1. The fourth-order valence-electron chi connectivity index (χ4n) is 1.55. The van der Waals surface area contributed by atoms with Crippen molar-refractivity contribution in [1.82, 2.24) is 4.90 Å². The molecule has 0 unspecified atom stereocenters. The maximum Gasteiger partial charge on any atom is 0.253 e. The first kappa shape index (κ1) is 13.6. The van der Waals surface area contributed by atoms with Gasteiger partial charge in [0.2, 0.25) is 0 Å². The number of nitrogens with zero attached hydrogens (tertiary/aromatic N) is 1. The van der Waals surface area contributed by atoms with Gasteiger partial charge in [0.25, 0.3) is 5.91 Å². The van der Waals surface area contributed by atoms with Crippen molar-refractivity contribution in [1.29, 1.82) is 0 Å². The summed E-state index contributed by atoms with van der Waals surface area (Å²) in [5.74, 6) is 0.0162. The second-order valence-electron chi connectivity index (χ2n) is 4.26. The Balaban J connectivity index is 2.81. The van der Waals surface area contributed by atoms with E-state index in [0.717, 1.165) is 16.7 Å². The van der Waals surface area contributed by atoms with Crippen LogP contribution in [-0.4, -0.2) is 29.4 Å². The minimum atomic E-state index is 0.0162. The predicted molar refractivity (Wildman–Crippen MR) is 74.3 cm³/mol. The van der Waals surface area contributed by atoms with E-state index in [4.69, 9.17) is 18.0 Å². The molecule has 4 heteroatoms. The number of rotatable bonds is 4. The number of carbonyl (C=O) groups is 1. The number of carbonyl (C=O) groups excluding carboxylic acids is 1. The van der Waals surface area contributed by atoms with Crippen LogP contribution in [0.15, 0.2) is 18.2 Å². The summed E-state index contributed by atoms with van der Waals surface area (Å²) < 4.78 is 0. The Morgan fingerprint density at radius 2 is 2.06 bits per heavy atom. The van der Waals surface area contributed by atoms with Crippen molar-refractivity contribution >= 4 is 23.1 Å². The van der Waals surface area contributed by atoms with Gasteiger partial charge in [-0.15, -0.1) is 0 Å². The molecule has 92 valence electrons. The molecular formula is C13H18N2OS. The minimum absolute atomic E-state index is 0.0162. The monoisotopic (exact) mass is 250 g/mol. The van der Waals surface area contributed by atoms with Crippen LogP contribution in [0, 0.1) is 13.8 Å². The average Bonchev–Trinajstić information content (AvgIpc) is 2.28. The van der Waals surface area contributed by atoms with Gasteiger partial charge in [-0.05, 0) is 25.5 Å². The van der Waals surface area contributed by atoms with Gasteiger partial charge in [-0.3, -0.25) is 4.79 Å². The number of thiocarbonyl (C=S) groups is 1. The molecule has 3 nitrogen and oxygen atoms in total.